The number of fused-ring (bicyclic) bond motifs is 1. The maximum atomic E-state index is 6.07. The van der Waals surface area contributed by atoms with Crippen LogP contribution in [-0.2, 0) is 5.88 Å². The van der Waals surface area contributed by atoms with Crippen molar-refractivity contribution in [2.75, 3.05) is 20.6 Å². The van der Waals surface area contributed by atoms with E-state index in [0.717, 1.165) is 23.4 Å². The van der Waals surface area contributed by atoms with Crippen LogP contribution in [0.3, 0.4) is 0 Å². The van der Waals surface area contributed by atoms with E-state index < -0.39 is 0 Å². The fourth-order valence-electron chi connectivity index (χ4n) is 2.43. The summed E-state index contributed by atoms with van der Waals surface area (Å²) in [4.78, 5) is 10.9. The summed E-state index contributed by atoms with van der Waals surface area (Å²) in [5.41, 5.74) is 2.04. The highest BCUT2D eigenvalue weighted by molar-refractivity contribution is 6.16. The number of hydrogen-bond donors (Lipinski definition) is 0. The molecule has 19 heavy (non-hydrogen) atoms. The summed E-state index contributed by atoms with van der Waals surface area (Å²) in [7, 11) is 4.19. The second kappa shape index (κ2) is 5.88. The number of pyridine rings is 1. The smallest absolute Gasteiger partial charge is 0.125 e. The summed E-state index contributed by atoms with van der Waals surface area (Å²) in [6.07, 6.45) is 3.61. The third kappa shape index (κ3) is 2.90. The Morgan fingerprint density at radius 3 is 2.68 bits per heavy atom. The van der Waals surface area contributed by atoms with Gasteiger partial charge in [0.05, 0.1) is 23.6 Å². The molecule has 0 aliphatic heterocycles. The zero-order valence-corrected chi connectivity index (χ0v) is 12.7. The second-order valence-electron chi connectivity index (χ2n) is 5.47. The molecule has 0 N–H and O–H groups in total. The lowest BCUT2D eigenvalue weighted by Crippen LogP contribution is -2.29. The van der Waals surface area contributed by atoms with Gasteiger partial charge in [-0.25, -0.2) is 4.98 Å². The molecule has 4 nitrogen and oxygen atoms in total. The van der Waals surface area contributed by atoms with E-state index >= 15 is 0 Å². The molecule has 0 aliphatic carbocycles. The molecule has 2 rings (SSSR count). The Morgan fingerprint density at radius 1 is 1.37 bits per heavy atom. The van der Waals surface area contributed by atoms with Gasteiger partial charge in [0.25, 0.3) is 0 Å². The van der Waals surface area contributed by atoms with Crippen LogP contribution >= 0.6 is 11.6 Å². The highest BCUT2D eigenvalue weighted by atomic mass is 35.5. The van der Waals surface area contributed by atoms with E-state index in [2.05, 4.69) is 47.4 Å². The lowest BCUT2D eigenvalue weighted by molar-refractivity contribution is 0.270. The summed E-state index contributed by atoms with van der Waals surface area (Å²) >= 11 is 6.07. The summed E-state index contributed by atoms with van der Waals surface area (Å²) in [6.45, 7) is 5.44. The monoisotopic (exact) mass is 280 g/mol. The fourth-order valence-corrected chi connectivity index (χ4v) is 2.62. The van der Waals surface area contributed by atoms with Crippen LogP contribution in [0.1, 0.15) is 25.7 Å². The van der Waals surface area contributed by atoms with Crippen molar-refractivity contribution < 1.29 is 0 Å². The van der Waals surface area contributed by atoms with Crippen LogP contribution < -0.4 is 0 Å². The largest absolute Gasteiger partial charge is 0.322 e. The predicted octanol–water partition coefficient (Wildman–Crippen LogP) is 2.93. The standard InChI is InChI=1S/C14H21ClN4/c1-10(2)13(9-18(3)4)19-12-5-6-16-8-11(12)17-14(19)7-15/h5-6,8,10,13H,7,9H2,1-4H3. The van der Waals surface area contributed by atoms with Crippen molar-refractivity contribution in [2.24, 2.45) is 5.92 Å². The molecule has 0 amide bonds. The third-order valence-corrected chi connectivity index (χ3v) is 3.58. The molecule has 0 spiro atoms. The van der Waals surface area contributed by atoms with E-state index in [1.165, 1.54) is 0 Å². The van der Waals surface area contributed by atoms with Crippen LogP contribution in [0.4, 0.5) is 0 Å². The molecular weight excluding hydrogens is 260 g/mol. The van der Waals surface area contributed by atoms with Crippen LogP contribution in [-0.4, -0.2) is 40.1 Å². The van der Waals surface area contributed by atoms with Crippen LogP contribution in [0.15, 0.2) is 18.5 Å². The van der Waals surface area contributed by atoms with Gasteiger partial charge in [0.1, 0.15) is 11.3 Å². The molecule has 0 aromatic carbocycles. The van der Waals surface area contributed by atoms with Crippen LogP contribution in [0, 0.1) is 5.92 Å². The van der Waals surface area contributed by atoms with E-state index in [0.29, 0.717) is 17.8 Å². The maximum absolute atomic E-state index is 6.07. The number of alkyl halides is 1. The molecule has 0 radical (unpaired) electrons. The first-order chi connectivity index (χ1) is 9.04. The molecule has 2 aromatic heterocycles. The van der Waals surface area contributed by atoms with Gasteiger partial charge in [0.15, 0.2) is 0 Å². The van der Waals surface area contributed by atoms with Crippen LogP contribution in [0.2, 0.25) is 0 Å². The molecule has 2 aromatic rings. The first kappa shape index (κ1) is 14.3. The van der Waals surface area contributed by atoms with E-state index in [9.17, 15) is 0 Å². The predicted molar refractivity (Wildman–Crippen MR) is 79.5 cm³/mol. The number of rotatable bonds is 5. The minimum atomic E-state index is 0.358. The van der Waals surface area contributed by atoms with Gasteiger partial charge in [-0.3, -0.25) is 4.98 Å². The number of likely N-dealkylation sites (N-methyl/N-ethyl adjacent to an activating group) is 1. The Morgan fingerprint density at radius 2 is 2.11 bits per heavy atom. The Kier molecular flexibility index (Phi) is 4.42. The summed E-state index contributed by atoms with van der Waals surface area (Å²) in [5.74, 6) is 1.85. The topological polar surface area (TPSA) is 34.0 Å². The van der Waals surface area contributed by atoms with Crippen LogP contribution in [0.5, 0.6) is 0 Å². The van der Waals surface area contributed by atoms with Crippen molar-refractivity contribution in [2.45, 2.75) is 25.8 Å². The van der Waals surface area contributed by atoms with Crippen LogP contribution in [0.25, 0.3) is 11.0 Å². The molecular formula is C14H21ClN4. The average Bonchev–Trinajstić information content (AvgIpc) is 2.73. The van der Waals surface area contributed by atoms with E-state index in [1.54, 1.807) is 6.20 Å². The molecule has 0 fully saturated rings. The Bertz CT molecular complexity index is 547. The van der Waals surface area contributed by atoms with Gasteiger partial charge in [-0.15, -0.1) is 11.6 Å². The van der Waals surface area contributed by atoms with Crippen molar-refractivity contribution in [3.63, 3.8) is 0 Å². The fraction of sp³-hybridized carbons (Fsp3) is 0.571. The average molecular weight is 281 g/mol. The maximum Gasteiger partial charge on any atom is 0.125 e. The first-order valence-electron chi connectivity index (χ1n) is 6.56. The lowest BCUT2D eigenvalue weighted by atomic mass is 10.0. The molecule has 0 saturated heterocycles. The molecule has 5 heteroatoms. The minimum Gasteiger partial charge on any atom is -0.322 e. The van der Waals surface area contributed by atoms with Crippen molar-refractivity contribution in [3.8, 4) is 0 Å². The zero-order valence-electron chi connectivity index (χ0n) is 12.0. The molecule has 0 bridgehead atoms. The van der Waals surface area contributed by atoms with Gasteiger partial charge in [-0.1, -0.05) is 13.8 Å². The lowest BCUT2D eigenvalue weighted by Gasteiger charge is -2.27. The Labute approximate surface area is 119 Å². The van der Waals surface area contributed by atoms with E-state index in [4.69, 9.17) is 11.6 Å². The molecule has 2 heterocycles. The Balaban J connectivity index is 2.56. The molecule has 0 saturated carbocycles. The number of halogens is 1. The number of imidazole rings is 1. The van der Waals surface area contributed by atoms with E-state index in [1.807, 2.05) is 12.3 Å². The minimum absolute atomic E-state index is 0.358. The molecule has 1 unspecified atom stereocenters. The van der Waals surface area contributed by atoms with Gasteiger partial charge in [0.2, 0.25) is 0 Å². The highest BCUT2D eigenvalue weighted by Crippen LogP contribution is 2.27. The summed E-state index contributed by atoms with van der Waals surface area (Å²) in [5, 5.41) is 0. The normalized spacial score (nSPS) is 13.6. The van der Waals surface area contributed by atoms with Crippen molar-refractivity contribution >= 4 is 22.6 Å². The van der Waals surface area contributed by atoms with Crippen molar-refractivity contribution in [3.05, 3.63) is 24.3 Å². The number of aromatic nitrogens is 3. The first-order valence-corrected chi connectivity index (χ1v) is 7.09. The third-order valence-electron chi connectivity index (χ3n) is 3.34. The summed E-state index contributed by atoms with van der Waals surface area (Å²) < 4.78 is 2.27. The van der Waals surface area contributed by atoms with Gasteiger partial charge in [-0.05, 0) is 26.1 Å². The summed E-state index contributed by atoms with van der Waals surface area (Å²) in [6, 6.07) is 2.37. The van der Waals surface area contributed by atoms with Crippen molar-refractivity contribution in [1.82, 2.24) is 19.4 Å². The number of nitrogens with zero attached hydrogens (tertiary/aromatic N) is 4. The van der Waals surface area contributed by atoms with Crippen molar-refractivity contribution in [1.29, 1.82) is 0 Å². The van der Waals surface area contributed by atoms with E-state index in [-0.39, 0.29) is 0 Å². The Hall–Kier alpha value is -1.13. The highest BCUT2D eigenvalue weighted by Gasteiger charge is 2.22. The van der Waals surface area contributed by atoms with Gasteiger partial charge in [0, 0.05) is 12.7 Å². The molecule has 104 valence electrons. The SMILES string of the molecule is CC(C)C(CN(C)C)n1c(CCl)nc2cnccc21. The second-order valence-corrected chi connectivity index (χ2v) is 5.74. The van der Waals surface area contributed by atoms with Gasteiger partial charge >= 0.3 is 0 Å². The molecule has 1 atom stereocenters. The zero-order chi connectivity index (χ0) is 14.0. The van der Waals surface area contributed by atoms with Gasteiger partial charge in [-0.2, -0.15) is 0 Å². The molecule has 0 aliphatic rings. The number of hydrogen-bond acceptors (Lipinski definition) is 3. The quantitative estimate of drug-likeness (QED) is 0.790. The van der Waals surface area contributed by atoms with Gasteiger partial charge < -0.3 is 9.47 Å².